The highest BCUT2D eigenvalue weighted by molar-refractivity contribution is 6.09. The standard InChI is InChI=1S/C26H28N4O4/c1-26(20-11-10-18-7-2-3-8-19(18)15-20)24(32)30(25(33)28-26)17-23(31)27-16-21(22-9-6-14-34-22)29-12-4-5-13-29/h2-3,6-11,14-15,21H,4-5,12-13,16-17H2,1H3,(H,27,31)(H,28,33)/t21-,26+/m1/s1. The molecule has 2 saturated heterocycles. The summed E-state index contributed by atoms with van der Waals surface area (Å²) in [6.07, 6.45) is 3.85. The Morgan fingerprint density at radius 1 is 1.09 bits per heavy atom. The van der Waals surface area contributed by atoms with Crippen molar-refractivity contribution in [2.45, 2.75) is 31.3 Å². The van der Waals surface area contributed by atoms with Crippen LogP contribution in [0.15, 0.2) is 65.3 Å². The predicted octanol–water partition coefficient (Wildman–Crippen LogP) is 3.15. The largest absolute Gasteiger partial charge is 0.468 e. The summed E-state index contributed by atoms with van der Waals surface area (Å²) in [5.74, 6) is -0.0341. The Labute approximate surface area is 197 Å². The fraction of sp³-hybridized carbons (Fsp3) is 0.346. The van der Waals surface area contributed by atoms with Crippen molar-refractivity contribution in [2.75, 3.05) is 26.2 Å². The molecular weight excluding hydrogens is 432 g/mol. The molecule has 2 aliphatic rings. The summed E-state index contributed by atoms with van der Waals surface area (Å²) in [7, 11) is 0. The molecule has 34 heavy (non-hydrogen) atoms. The van der Waals surface area contributed by atoms with Crippen LogP contribution in [0.2, 0.25) is 0 Å². The first-order chi connectivity index (χ1) is 16.5. The lowest BCUT2D eigenvalue weighted by Gasteiger charge is -2.26. The highest BCUT2D eigenvalue weighted by Gasteiger charge is 2.49. The van der Waals surface area contributed by atoms with Gasteiger partial charge < -0.3 is 15.1 Å². The molecule has 0 bridgehead atoms. The first kappa shape index (κ1) is 22.2. The topological polar surface area (TPSA) is 94.9 Å². The first-order valence-corrected chi connectivity index (χ1v) is 11.6. The molecule has 0 radical (unpaired) electrons. The molecule has 8 nitrogen and oxygen atoms in total. The molecule has 3 aromatic rings. The highest BCUT2D eigenvalue weighted by Crippen LogP contribution is 2.31. The second kappa shape index (κ2) is 8.95. The maximum atomic E-state index is 13.3. The second-order valence-corrected chi connectivity index (χ2v) is 9.09. The minimum Gasteiger partial charge on any atom is -0.468 e. The van der Waals surface area contributed by atoms with Crippen LogP contribution in [0.5, 0.6) is 0 Å². The van der Waals surface area contributed by atoms with Gasteiger partial charge in [0.05, 0.1) is 12.3 Å². The number of fused-ring (bicyclic) bond motifs is 1. The van der Waals surface area contributed by atoms with E-state index >= 15 is 0 Å². The summed E-state index contributed by atoms with van der Waals surface area (Å²) < 4.78 is 5.59. The zero-order valence-corrected chi connectivity index (χ0v) is 19.1. The lowest BCUT2D eigenvalue weighted by Crippen LogP contribution is -2.44. The number of carbonyl (C=O) groups excluding carboxylic acids is 3. The van der Waals surface area contributed by atoms with Gasteiger partial charge in [0, 0.05) is 6.54 Å². The van der Waals surface area contributed by atoms with E-state index in [0.717, 1.165) is 47.4 Å². The van der Waals surface area contributed by atoms with Gasteiger partial charge in [0.1, 0.15) is 17.8 Å². The van der Waals surface area contributed by atoms with E-state index in [4.69, 9.17) is 4.42 Å². The van der Waals surface area contributed by atoms with Crippen LogP contribution < -0.4 is 10.6 Å². The molecule has 4 amide bonds. The summed E-state index contributed by atoms with van der Waals surface area (Å²) in [6, 6.07) is 16.6. The monoisotopic (exact) mass is 460 g/mol. The van der Waals surface area contributed by atoms with Gasteiger partial charge in [0.25, 0.3) is 5.91 Å². The predicted molar refractivity (Wildman–Crippen MR) is 127 cm³/mol. The van der Waals surface area contributed by atoms with E-state index in [1.165, 1.54) is 0 Å². The molecule has 1 aromatic heterocycles. The van der Waals surface area contributed by atoms with E-state index in [2.05, 4.69) is 15.5 Å². The Kier molecular flexibility index (Phi) is 5.83. The van der Waals surface area contributed by atoms with Crippen LogP contribution >= 0.6 is 0 Å². The van der Waals surface area contributed by atoms with Crippen molar-refractivity contribution in [1.82, 2.24) is 20.4 Å². The molecule has 176 valence electrons. The van der Waals surface area contributed by atoms with Crippen LogP contribution in [0.1, 0.15) is 37.1 Å². The van der Waals surface area contributed by atoms with E-state index < -0.39 is 17.5 Å². The molecule has 3 heterocycles. The van der Waals surface area contributed by atoms with Gasteiger partial charge >= 0.3 is 6.03 Å². The molecule has 0 saturated carbocycles. The molecule has 2 aromatic carbocycles. The number of imide groups is 1. The SMILES string of the molecule is C[C@@]1(c2ccc3ccccc3c2)NC(=O)N(CC(=O)NC[C@H](c2ccco2)N2CCCC2)C1=O. The van der Waals surface area contributed by atoms with Crippen LogP contribution in [0.25, 0.3) is 10.8 Å². The Bertz CT molecular complexity index is 1220. The van der Waals surface area contributed by atoms with Crippen molar-refractivity contribution in [3.05, 3.63) is 72.2 Å². The molecule has 8 heteroatoms. The molecule has 2 aliphatic heterocycles. The summed E-state index contributed by atoms with van der Waals surface area (Å²) in [5, 5.41) is 7.70. The molecule has 2 fully saturated rings. The number of amides is 4. The number of nitrogens with one attached hydrogen (secondary N) is 2. The molecule has 2 atom stereocenters. The van der Waals surface area contributed by atoms with E-state index in [1.54, 1.807) is 13.2 Å². The molecular formula is C26H28N4O4. The Morgan fingerprint density at radius 3 is 2.59 bits per heavy atom. The summed E-state index contributed by atoms with van der Waals surface area (Å²) in [4.78, 5) is 42.0. The Morgan fingerprint density at radius 2 is 1.85 bits per heavy atom. The smallest absolute Gasteiger partial charge is 0.325 e. The number of nitrogens with zero attached hydrogens (tertiary/aromatic N) is 2. The van der Waals surface area contributed by atoms with Crippen molar-refractivity contribution in [3.63, 3.8) is 0 Å². The number of furan rings is 1. The van der Waals surface area contributed by atoms with Crippen LogP contribution in [0.4, 0.5) is 4.79 Å². The fourth-order valence-electron chi connectivity index (χ4n) is 4.89. The quantitative estimate of drug-likeness (QED) is 0.528. The number of likely N-dealkylation sites (tertiary alicyclic amines) is 1. The molecule has 0 unspecified atom stereocenters. The summed E-state index contributed by atoms with van der Waals surface area (Å²) in [6.45, 7) is 3.57. The maximum absolute atomic E-state index is 13.3. The number of benzene rings is 2. The third-order valence-electron chi connectivity index (χ3n) is 6.85. The van der Waals surface area contributed by atoms with Crippen LogP contribution in [-0.4, -0.2) is 53.8 Å². The van der Waals surface area contributed by atoms with Gasteiger partial charge in [-0.1, -0.05) is 36.4 Å². The van der Waals surface area contributed by atoms with Crippen molar-refractivity contribution < 1.29 is 18.8 Å². The van der Waals surface area contributed by atoms with Gasteiger partial charge in [-0.2, -0.15) is 0 Å². The minimum atomic E-state index is -1.23. The highest BCUT2D eigenvalue weighted by atomic mass is 16.3. The van der Waals surface area contributed by atoms with Gasteiger partial charge in [0.15, 0.2) is 0 Å². The van der Waals surface area contributed by atoms with Crippen LogP contribution in [-0.2, 0) is 15.1 Å². The second-order valence-electron chi connectivity index (χ2n) is 9.09. The normalized spacial score (nSPS) is 21.7. The third kappa shape index (κ3) is 4.05. The van der Waals surface area contributed by atoms with Crippen molar-refractivity contribution in [3.8, 4) is 0 Å². The Balaban J connectivity index is 1.27. The number of urea groups is 1. The number of carbonyl (C=O) groups is 3. The average Bonchev–Trinajstić information content (AvgIpc) is 3.60. The fourth-order valence-corrected chi connectivity index (χ4v) is 4.89. The lowest BCUT2D eigenvalue weighted by molar-refractivity contribution is -0.134. The zero-order valence-electron chi connectivity index (χ0n) is 19.1. The number of hydrogen-bond donors (Lipinski definition) is 2. The average molecular weight is 461 g/mol. The molecule has 5 rings (SSSR count). The van der Waals surface area contributed by atoms with Crippen molar-refractivity contribution in [1.29, 1.82) is 0 Å². The van der Waals surface area contributed by atoms with E-state index in [-0.39, 0.29) is 18.5 Å². The third-order valence-corrected chi connectivity index (χ3v) is 6.85. The van der Waals surface area contributed by atoms with Crippen molar-refractivity contribution in [2.24, 2.45) is 0 Å². The summed E-state index contributed by atoms with van der Waals surface area (Å²) in [5.41, 5.74) is -0.549. The molecule has 2 N–H and O–H groups in total. The van der Waals surface area contributed by atoms with E-state index in [9.17, 15) is 14.4 Å². The minimum absolute atomic E-state index is 0.0765. The first-order valence-electron chi connectivity index (χ1n) is 11.6. The number of hydrogen-bond acceptors (Lipinski definition) is 5. The van der Waals surface area contributed by atoms with E-state index in [1.807, 2.05) is 54.6 Å². The number of rotatable bonds is 7. The Hall–Kier alpha value is -3.65. The van der Waals surface area contributed by atoms with Gasteiger partial charge in [-0.25, -0.2) is 4.79 Å². The van der Waals surface area contributed by atoms with Gasteiger partial charge in [-0.05, 0) is 67.4 Å². The van der Waals surface area contributed by atoms with Gasteiger partial charge in [-0.15, -0.1) is 0 Å². The molecule has 0 aliphatic carbocycles. The molecule has 0 spiro atoms. The maximum Gasteiger partial charge on any atom is 0.325 e. The summed E-state index contributed by atoms with van der Waals surface area (Å²) >= 11 is 0. The lowest BCUT2D eigenvalue weighted by atomic mass is 9.90. The van der Waals surface area contributed by atoms with E-state index in [0.29, 0.717) is 12.1 Å². The van der Waals surface area contributed by atoms with Crippen molar-refractivity contribution >= 4 is 28.6 Å². The van der Waals surface area contributed by atoms with Gasteiger partial charge in [-0.3, -0.25) is 19.4 Å². The zero-order chi connectivity index (χ0) is 23.7. The van der Waals surface area contributed by atoms with Crippen LogP contribution in [0.3, 0.4) is 0 Å². The van der Waals surface area contributed by atoms with Crippen LogP contribution in [0, 0.1) is 0 Å². The van der Waals surface area contributed by atoms with Gasteiger partial charge in [0.2, 0.25) is 5.91 Å².